The van der Waals surface area contributed by atoms with Crippen molar-refractivity contribution in [3.8, 4) is 23.0 Å². The molecule has 1 unspecified atom stereocenters. The minimum Gasteiger partial charge on any atom is -0.457 e. The first-order valence-corrected chi connectivity index (χ1v) is 19.1. The number of pyridine rings is 1. The average molecular weight is 679 g/mol. The Labute approximate surface area is 304 Å². The summed E-state index contributed by atoms with van der Waals surface area (Å²) in [6.07, 6.45) is 8.89. The third-order valence-electron chi connectivity index (χ3n) is 11.0. The van der Waals surface area contributed by atoms with Gasteiger partial charge in [-0.15, -0.1) is 0 Å². The van der Waals surface area contributed by atoms with Gasteiger partial charge in [-0.25, -0.2) is 9.67 Å². The second kappa shape index (κ2) is 14.2. The largest absolute Gasteiger partial charge is 0.457 e. The van der Waals surface area contributed by atoms with Crippen molar-refractivity contribution in [3.63, 3.8) is 0 Å². The molecule has 0 aliphatic heterocycles. The summed E-state index contributed by atoms with van der Waals surface area (Å²) in [4.78, 5) is 4.85. The van der Waals surface area contributed by atoms with Gasteiger partial charge in [0.1, 0.15) is 17.3 Å². The number of rotatable bonds is 10. The maximum absolute atomic E-state index is 6.83. The predicted octanol–water partition coefficient (Wildman–Crippen LogP) is 12.8. The Morgan fingerprint density at radius 2 is 1.57 bits per heavy atom. The molecule has 7 rings (SSSR count). The van der Waals surface area contributed by atoms with Crippen molar-refractivity contribution in [2.45, 2.75) is 106 Å². The van der Waals surface area contributed by atoms with Crippen molar-refractivity contribution >= 4 is 21.8 Å². The molecule has 0 saturated heterocycles. The molecule has 6 aromatic rings. The number of ether oxygens (including phenoxy) is 1. The molecule has 0 N–H and O–H groups in total. The van der Waals surface area contributed by atoms with E-state index in [1.807, 2.05) is 6.20 Å². The predicted molar refractivity (Wildman–Crippen MR) is 213 cm³/mol. The number of fused-ring (bicyclic) bond motifs is 3. The third-order valence-corrected chi connectivity index (χ3v) is 11.0. The van der Waals surface area contributed by atoms with Gasteiger partial charge >= 0.3 is 0 Å². The van der Waals surface area contributed by atoms with E-state index in [1.54, 1.807) is 0 Å². The van der Waals surface area contributed by atoms with Crippen LogP contribution in [0.4, 0.5) is 0 Å². The van der Waals surface area contributed by atoms with E-state index in [9.17, 15) is 0 Å². The molecule has 0 spiro atoms. The fraction of sp³-hybridized carbons (Fsp3) is 0.391. The van der Waals surface area contributed by atoms with E-state index in [1.165, 1.54) is 51.6 Å². The van der Waals surface area contributed by atoms with Crippen LogP contribution in [-0.2, 0) is 6.42 Å². The number of para-hydroxylation sites is 1. The van der Waals surface area contributed by atoms with Gasteiger partial charge < -0.3 is 4.74 Å². The summed E-state index contributed by atoms with van der Waals surface area (Å²) in [6, 6.07) is 26.1. The molecule has 1 aliphatic carbocycles. The lowest BCUT2D eigenvalue weighted by Crippen LogP contribution is -2.18. The van der Waals surface area contributed by atoms with Crippen molar-refractivity contribution in [1.82, 2.24) is 19.3 Å². The molecule has 0 radical (unpaired) electrons. The fourth-order valence-corrected chi connectivity index (χ4v) is 8.13. The smallest absolute Gasteiger partial charge is 0.137 e. The van der Waals surface area contributed by atoms with Crippen molar-refractivity contribution in [2.24, 2.45) is 11.8 Å². The van der Waals surface area contributed by atoms with Gasteiger partial charge in [0.25, 0.3) is 0 Å². The summed E-state index contributed by atoms with van der Waals surface area (Å²) in [5.74, 6) is 4.90. The number of aryl methyl sites for hydroxylation is 1. The summed E-state index contributed by atoms with van der Waals surface area (Å²) in [5.41, 5.74) is 11.2. The molecule has 2 atom stereocenters. The Hall–Kier alpha value is -4.64. The minimum atomic E-state index is 0.329. The van der Waals surface area contributed by atoms with Gasteiger partial charge in [-0.3, -0.25) is 4.57 Å². The molecule has 0 fully saturated rings. The van der Waals surface area contributed by atoms with Crippen LogP contribution in [0.1, 0.15) is 120 Å². The van der Waals surface area contributed by atoms with Gasteiger partial charge in [0.2, 0.25) is 0 Å². The normalized spacial score (nSPS) is 16.6. The number of nitrogens with zero attached hydrogens (tertiary/aromatic N) is 4. The van der Waals surface area contributed by atoms with Gasteiger partial charge in [-0.2, -0.15) is 5.10 Å². The van der Waals surface area contributed by atoms with Crippen molar-refractivity contribution < 1.29 is 4.74 Å². The third kappa shape index (κ3) is 6.76. The summed E-state index contributed by atoms with van der Waals surface area (Å²) in [6.45, 7) is 20.5. The standard InChI is InChI=1S/C46H54N4O/c1-28(2)17-20-42-46(45-31(7)13-12-14-32(45)8)33(9)48-50(42)36-23-35(30(5)6)24-38(26-36)51-37-18-19-40-39-15-10-11-16-41(39)49(43(40)27-37)44-25-34(29(3)4)21-22-47-44/h10-11,13,15-16,18-19,21-30,32,45H,12,14,17,20H2,1-9H3/t32?,45-/m0/s1. The number of hydrogen-bond acceptors (Lipinski definition) is 3. The zero-order valence-electron chi connectivity index (χ0n) is 32.0. The van der Waals surface area contributed by atoms with E-state index in [0.29, 0.717) is 29.6 Å². The van der Waals surface area contributed by atoms with Crippen molar-refractivity contribution in [3.05, 3.63) is 119 Å². The fourth-order valence-electron chi connectivity index (χ4n) is 8.13. The summed E-state index contributed by atoms with van der Waals surface area (Å²) in [7, 11) is 0. The Morgan fingerprint density at radius 1 is 0.804 bits per heavy atom. The summed E-state index contributed by atoms with van der Waals surface area (Å²) >= 11 is 0. The lowest BCUT2D eigenvalue weighted by Gasteiger charge is -2.30. The highest BCUT2D eigenvalue weighted by molar-refractivity contribution is 6.09. The van der Waals surface area contributed by atoms with Crippen molar-refractivity contribution in [2.75, 3.05) is 0 Å². The van der Waals surface area contributed by atoms with Crippen LogP contribution >= 0.6 is 0 Å². The number of benzene rings is 3. The number of hydrogen-bond donors (Lipinski definition) is 0. The Balaban J connectivity index is 1.34. The van der Waals surface area contributed by atoms with Gasteiger partial charge in [0, 0.05) is 46.3 Å². The summed E-state index contributed by atoms with van der Waals surface area (Å²) in [5, 5.41) is 7.69. The Kier molecular flexibility index (Phi) is 9.67. The van der Waals surface area contributed by atoms with Gasteiger partial charge in [0.05, 0.1) is 22.4 Å². The molecule has 3 aromatic carbocycles. The first-order chi connectivity index (χ1) is 24.5. The second-order valence-corrected chi connectivity index (χ2v) is 15.9. The van der Waals surface area contributed by atoms with Crippen LogP contribution in [0.2, 0.25) is 0 Å². The van der Waals surface area contributed by atoms with E-state index >= 15 is 0 Å². The van der Waals surface area contributed by atoms with Crippen LogP contribution < -0.4 is 4.74 Å². The van der Waals surface area contributed by atoms with Crippen LogP contribution in [0.25, 0.3) is 33.3 Å². The van der Waals surface area contributed by atoms with E-state index in [2.05, 4.69) is 150 Å². The molecule has 51 heavy (non-hydrogen) atoms. The Bertz CT molecular complexity index is 2230. The van der Waals surface area contributed by atoms with E-state index < -0.39 is 0 Å². The maximum atomic E-state index is 6.83. The van der Waals surface area contributed by atoms with Crippen LogP contribution in [0.15, 0.2) is 90.6 Å². The molecule has 5 heteroatoms. The van der Waals surface area contributed by atoms with Crippen LogP contribution in [0.5, 0.6) is 11.5 Å². The molecular formula is C46H54N4O. The zero-order valence-corrected chi connectivity index (χ0v) is 32.0. The minimum absolute atomic E-state index is 0.329. The second-order valence-electron chi connectivity index (χ2n) is 15.9. The molecule has 0 bridgehead atoms. The quantitative estimate of drug-likeness (QED) is 0.135. The molecular weight excluding hydrogens is 625 g/mol. The number of aromatic nitrogens is 4. The topological polar surface area (TPSA) is 44.9 Å². The van der Waals surface area contributed by atoms with Crippen LogP contribution in [-0.4, -0.2) is 19.3 Å². The molecule has 0 amide bonds. The van der Waals surface area contributed by atoms with E-state index in [-0.39, 0.29) is 0 Å². The highest BCUT2D eigenvalue weighted by Crippen LogP contribution is 2.43. The average Bonchev–Trinajstić information content (AvgIpc) is 3.61. The first kappa shape index (κ1) is 34.8. The lowest BCUT2D eigenvalue weighted by molar-refractivity contribution is 0.445. The Morgan fingerprint density at radius 3 is 2.31 bits per heavy atom. The van der Waals surface area contributed by atoms with E-state index in [4.69, 9.17) is 14.8 Å². The van der Waals surface area contributed by atoms with E-state index in [0.717, 1.165) is 52.6 Å². The molecule has 3 heterocycles. The van der Waals surface area contributed by atoms with Crippen LogP contribution in [0.3, 0.4) is 0 Å². The first-order valence-electron chi connectivity index (χ1n) is 19.1. The zero-order chi connectivity index (χ0) is 36.0. The summed E-state index contributed by atoms with van der Waals surface area (Å²) < 4.78 is 11.3. The highest BCUT2D eigenvalue weighted by atomic mass is 16.5. The highest BCUT2D eigenvalue weighted by Gasteiger charge is 2.31. The monoisotopic (exact) mass is 678 g/mol. The molecule has 5 nitrogen and oxygen atoms in total. The lowest BCUT2D eigenvalue weighted by atomic mass is 9.75. The molecule has 1 aliphatic rings. The molecule has 0 saturated carbocycles. The number of allylic oxidation sites excluding steroid dienone is 2. The van der Waals surface area contributed by atoms with Crippen LogP contribution in [0, 0.1) is 18.8 Å². The SMILES string of the molecule is CC1=CCCC(C)[C@H]1c1c(C)nn(-c2cc(Oc3ccc4c5ccccc5n(-c5cc(C(C)C)ccn5)c4c3)cc(C(C)C)c2)c1CCC(C)C. The van der Waals surface area contributed by atoms with Crippen molar-refractivity contribution in [1.29, 1.82) is 0 Å². The van der Waals surface area contributed by atoms with Gasteiger partial charge in [-0.05, 0) is 117 Å². The van der Waals surface area contributed by atoms with Gasteiger partial charge in [0.15, 0.2) is 0 Å². The van der Waals surface area contributed by atoms with Gasteiger partial charge in [-0.1, -0.05) is 78.3 Å². The molecule has 264 valence electrons. The maximum Gasteiger partial charge on any atom is 0.137 e. The molecule has 3 aromatic heterocycles.